The molecule has 0 radical (unpaired) electrons. The van der Waals surface area contributed by atoms with Crippen molar-refractivity contribution in [3.63, 3.8) is 0 Å². The molecule has 82 valence electrons. The maximum absolute atomic E-state index is 11.5. The minimum absolute atomic E-state index is 0.0717. The summed E-state index contributed by atoms with van der Waals surface area (Å²) in [7, 11) is 0. The van der Waals surface area contributed by atoms with Gasteiger partial charge in [-0.05, 0) is 38.5 Å². The van der Waals surface area contributed by atoms with Gasteiger partial charge in [0, 0.05) is 6.04 Å². The fraction of sp³-hybridized carbons (Fsp3) is 0.909. The van der Waals surface area contributed by atoms with Crippen molar-refractivity contribution >= 4 is 5.91 Å². The van der Waals surface area contributed by atoms with Crippen LogP contribution in [0.5, 0.6) is 0 Å². The van der Waals surface area contributed by atoms with Crippen molar-refractivity contribution < 1.29 is 4.79 Å². The van der Waals surface area contributed by atoms with Gasteiger partial charge in [-0.15, -0.1) is 0 Å². The van der Waals surface area contributed by atoms with Gasteiger partial charge in [-0.3, -0.25) is 4.79 Å². The van der Waals surface area contributed by atoms with Crippen LogP contribution in [-0.4, -0.2) is 17.5 Å². The summed E-state index contributed by atoms with van der Waals surface area (Å²) < 4.78 is 0. The van der Waals surface area contributed by atoms with Gasteiger partial charge in [-0.25, -0.2) is 0 Å². The zero-order chi connectivity index (χ0) is 11.0. The number of carbonyl (C=O) groups excluding carboxylic acids is 1. The lowest BCUT2D eigenvalue weighted by molar-refractivity contribution is -0.126. The fourth-order valence-electron chi connectivity index (χ4n) is 1.83. The molecular formula is C11H22N2O. The molecule has 0 aliphatic heterocycles. The molecule has 1 aliphatic carbocycles. The molecule has 0 aromatic carbocycles. The Balaban J connectivity index is 2.77. The Morgan fingerprint density at radius 3 is 2.43 bits per heavy atom. The summed E-state index contributed by atoms with van der Waals surface area (Å²) in [6.07, 6.45) is 3.20. The maximum atomic E-state index is 11.5. The van der Waals surface area contributed by atoms with E-state index in [4.69, 9.17) is 5.73 Å². The monoisotopic (exact) mass is 198 g/mol. The van der Waals surface area contributed by atoms with Crippen LogP contribution in [0, 0.1) is 5.41 Å². The van der Waals surface area contributed by atoms with E-state index in [0.717, 1.165) is 19.3 Å². The molecule has 2 unspecified atom stereocenters. The molecule has 0 spiro atoms. The molecule has 0 aromatic rings. The van der Waals surface area contributed by atoms with E-state index in [-0.39, 0.29) is 11.3 Å². The first-order valence-electron chi connectivity index (χ1n) is 5.43. The SMILES string of the molecule is CCC(C)NC(C)(C(N)=O)C1(C)CC1. The van der Waals surface area contributed by atoms with Crippen LogP contribution in [0.3, 0.4) is 0 Å². The molecule has 0 aromatic heterocycles. The lowest BCUT2D eigenvalue weighted by Gasteiger charge is -2.36. The molecule has 0 bridgehead atoms. The number of rotatable bonds is 5. The largest absolute Gasteiger partial charge is 0.368 e. The standard InChI is InChI=1S/C11H22N2O/c1-5-8(2)13-11(4,9(12)14)10(3)6-7-10/h8,13H,5-7H2,1-4H3,(H2,12,14). The highest BCUT2D eigenvalue weighted by Crippen LogP contribution is 2.53. The summed E-state index contributed by atoms with van der Waals surface area (Å²) >= 11 is 0. The van der Waals surface area contributed by atoms with E-state index in [1.54, 1.807) is 0 Å². The summed E-state index contributed by atoms with van der Waals surface area (Å²) in [4.78, 5) is 11.5. The van der Waals surface area contributed by atoms with Gasteiger partial charge in [-0.1, -0.05) is 13.8 Å². The zero-order valence-corrected chi connectivity index (χ0v) is 9.68. The normalized spacial score (nSPS) is 25.1. The van der Waals surface area contributed by atoms with E-state index < -0.39 is 5.54 Å². The van der Waals surface area contributed by atoms with Crippen molar-refractivity contribution in [2.24, 2.45) is 11.1 Å². The molecule has 3 nitrogen and oxygen atoms in total. The highest BCUT2D eigenvalue weighted by molar-refractivity contribution is 5.85. The Morgan fingerprint density at radius 1 is 1.64 bits per heavy atom. The third-order valence-corrected chi connectivity index (χ3v) is 3.85. The van der Waals surface area contributed by atoms with Crippen molar-refractivity contribution in [3.05, 3.63) is 0 Å². The van der Waals surface area contributed by atoms with E-state index in [9.17, 15) is 4.79 Å². The van der Waals surface area contributed by atoms with Crippen molar-refractivity contribution in [2.45, 2.75) is 58.5 Å². The molecule has 1 aliphatic rings. The molecular weight excluding hydrogens is 176 g/mol. The summed E-state index contributed by atoms with van der Waals surface area (Å²) in [5, 5.41) is 3.37. The minimum Gasteiger partial charge on any atom is -0.368 e. The van der Waals surface area contributed by atoms with Gasteiger partial charge >= 0.3 is 0 Å². The highest BCUT2D eigenvalue weighted by Gasteiger charge is 2.56. The minimum atomic E-state index is -0.539. The number of hydrogen-bond donors (Lipinski definition) is 2. The molecule has 0 saturated heterocycles. The molecule has 1 amide bonds. The Morgan fingerprint density at radius 2 is 2.14 bits per heavy atom. The average molecular weight is 198 g/mol. The average Bonchev–Trinajstić information content (AvgIpc) is 2.84. The lowest BCUT2D eigenvalue weighted by atomic mass is 9.82. The highest BCUT2D eigenvalue weighted by atomic mass is 16.1. The van der Waals surface area contributed by atoms with Gasteiger partial charge in [0.05, 0.1) is 0 Å². The van der Waals surface area contributed by atoms with Crippen molar-refractivity contribution in [1.82, 2.24) is 5.32 Å². The number of nitrogens with one attached hydrogen (secondary N) is 1. The molecule has 1 rings (SSSR count). The molecule has 14 heavy (non-hydrogen) atoms. The molecule has 1 fully saturated rings. The first kappa shape index (κ1) is 11.5. The Labute approximate surface area is 86.4 Å². The fourth-order valence-corrected chi connectivity index (χ4v) is 1.83. The number of nitrogens with two attached hydrogens (primary N) is 1. The molecule has 3 N–H and O–H groups in total. The first-order chi connectivity index (χ1) is 6.35. The van der Waals surface area contributed by atoms with E-state index >= 15 is 0 Å². The molecule has 0 heterocycles. The van der Waals surface area contributed by atoms with Gasteiger partial charge < -0.3 is 11.1 Å². The molecule has 1 saturated carbocycles. The lowest BCUT2D eigenvalue weighted by Crippen LogP contribution is -2.60. The van der Waals surface area contributed by atoms with Gasteiger partial charge in [0.1, 0.15) is 5.54 Å². The summed E-state index contributed by atoms with van der Waals surface area (Å²) in [6.45, 7) is 8.27. The van der Waals surface area contributed by atoms with Crippen LogP contribution in [-0.2, 0) is 4.79 Å². The van der Waals surface area contributed by atoms with Crippen LogP contribution in [0.25, 0.3) is 0 Å². The second-order valence-electron chi connectivity index (χ2n) is 5.00. The van der Waals surface area contributed by atoms with Gasteiger partial charge in [0.25, 0.3) is 0 Å². The van der Waals surface area contributed by atoms with E-state index in [2.05, 4.69) is 26.1 Å². The summed E-state index contributed by atoms with van der Waals surface area (Å²) in [5.74, 6) is -0.224. The first-order valence-corrected chi connectivity index (χ1v) is 5.43. The van der Waals surface area contributed by atoms with E-state index in [0.29, 0.717) is 6.04 Å². The Bertz CT molecular complexity index is 235. The predicted molar refractivity (Wildman–Crippen MR) is 57.8 cm³/mol. The molecule has 2 atom stereocenters. The topological polar surface area (TPSA) is 55.1 Å². The van der Waals surface area contributed by atoms with Crippen molar-refractivity contribution in [1.29, 1.82) is 0 Å². The van der Waals surface area contributed by atoms with Crippen molar-refractivity contribution in [3.8, 4) is 0 Å². The summed E-state index contributed by atoms with van der Waals surface area (Å²) in [5.41, 5.74) is 5.03. The van der Waals surface area contributed by atoms with Crippen LogP contribution in [0.15, 0.2) is 0 Å². The van der Waals surface area contributed by atoms with E-state index in [1.807, 2.05) is 6.92 Å². The second kappa shape index (κ2) is 3.54. The van der Waals surface area contributed by atoms with Crippen LogP contribution in [0.2, 0.25) is 0 Å². The Kier molecular flexibility index (Phi) is 2.91. The number of amides is 1. The van der Waals surface area contributed by atoms with Crippen LogP contribution < -0.4 is 11.1 Å². The van der Waals surface area contributed by atoms with E-state index in [1.165, 1.54) is 0 Å². The van der Waals surface area contributed by atoms with Crippen LogP contribution >= 0.6 is 0 Å². The van der Waals surface area contributed by atoms with Crippen LogP contribution in [0.1, 0.15) is 47.0 Å². The Hall–Kier alpha value is -0.570. The number of carbonyl (C=O) groups is 1. The smallest absolute Gasteiger partial charge is 0.238 e. The van der Waals surface area contributed by atoms with Gasteiger partial charge in [0.15, 0.2) is 0 Å². The predicted octanol–water partition coefficient (Wildman–Crippen LogP) is 1.42. The zero-order valence-electron chi connectivity index (χ0n) is 9.68. The summed E-state index contributed by atoms with van der Waals surface area (Å²) in [6, 6.07) is 0.338. The maximum Gasteiger partial charge on any atom is 0.238 e. The van der Waals surface area contributed by atoms with Crippen molar-refractivity contribution in [2.75, 3.05) is 0 Å². The number of hydrogen-bond acceptors (Lipinski definition) is 2. The third-order valence-electron chi connectivity index (χ3n) is 3.85. The molecule has 3 heteroatoms. The van der Waals surface area contributed by atoms with Gasteiger partial charge in [-0.2, -0.15) is 0 Å². The third kappa shape index (κ3) is 1.78. The number of primary amides is 1. The van der Waals surface area contributed by atoms with Crippen LogP contribution in [0.4, 0.5) is 0 Å². The quantitative estimate of drug-likeness (QED) is 0.702. The van der Waals surface area contributed by atoms with Gasteiger partial charge in [0.2, 0.25) is 5.91 Å². The second-order valence-corrected chi connectivity index (χ2v) is 5.00.